The predicted molar refractivity (Wildman–Crippen MR) is 58.3 cm³/mol. The standard InChI is InChI=1S/C12H11NO2/c1-2-9-3-5-10(6-4-9)13-11(14)7-8-12(13)15/h2-6H,1,7-8H2. The minimum Gasteiger partial charge on any atom is -0.274 e. The molecular formula is C12H11NO2. The quantitative estimate of drug-likeness (QED) is 0.686. The van der Waals surface area contributed by atoms with Crippen molar-refractivity contribution in [3.05, 3.63) is 36.4 Å². The Morgan fingerprint density at radius 3 is 2.07 bits per heavy atom. The predicted octanol–water partition coefficient (Wildman–Crippen LogP) is 1.98. The minimum absolute atomic E-state index is 0.119. The molecular weight excluding hydrogens is 190 g/mol. The fourth-order valence-corrected chi connectivity index (χ4v) is 1.62. The van der Waals surface area contributed by atoms with Crippen molar-refractivity contribution < 1.29 is 9.59 Å². The third kappa shape index (κ3) is 1.68. The van der Waals surface area contributed by atoms with Crippen LogP contribution in [0.4, 0.5) is 5.69 Å². The minimum atomic E-state index is -0.119. The van der Waals surface area contributed by atoms with Crippen LogP contribution in [0.5, 0.6) is 0 Å². The van der Waals surface area contributed by atoms with Gasteiger partial charge in [-0.3, -0.25) is 14.5 Å². The summed E-state index contributed by atoms with van der Waals surface area (Å²) < 4.78 is 0. The molecule has 1 aliphatic rings. The molecule has 1 fully saturated rings. The van der Waals surface area contributed by atoms with E-state index in [1.807, 2.05) is 12.1 Å². The summed E-state index contributed by atoms with van der Waals surface area (Å²) >= 11 is 0. The number of anilines is 1. The lowest BCUT2D eigenvalue weighted by Gasteiger charge is -2.13. The first-order valence-electron chi connectivity index (χ1n) is 4.80. The zero-order valence-corrected chi connectivity index (χ0v) is 8.27. The van der Waals surface area contributed by atoms with E-state index < -0.39 is 0 Å². The highest BCUT2D eigenvalue weighted by Crippen LogP contribution is 2.22. The summed E-state index contributed by atoms with van der Waals surface area (Å²) in [7, 11) is 0. The van der Waals surface area contributed by atoms with Gasteiger partial charge in [0.2, 0.25) is 11.8 Å². The van der Waals surface area contributed by atoms with Crippen molar-refractivity contribution in [3.63, 3.8) is 0 Å². The molecule has 0 atom stereocenters. The third-order valence-corrected chi connectivity index (χ3v) is 2.44. The van der Waals surface area contributed by atoms with Crippen molar-refractivity contribution in [2.75, 3.05) is 4.90 Å². The van der Waals surface area contributed by atoms with E-state index in [2.05, 4.69) is 6.58 Å². The molecule has 15 heavy (non-hydrogen) atoms. The largest absolute Gasteiger partial charge is 0.274 e. The Bertz CT molecular complexity index is 404. The molecule has 0 saturated carbocycles. The van der Waals surface area contributed by atoms with Crippen LogP contribution >= 0.6 is 0 Å². The van der Waals surface area contributed by atoms with Crippen LogP contribution in [0.2, 0.25) is 0 Å². The maximum absolute atomic E-state index is 11.4. The molecule has 0 spiro atoms. The summed E-state index contributed by atoms with van der Waals surface area (Å²) in [6.45, 7) is 3.64. The third-order valence-electron chi connectivity index (χ3n) is 2.44. The SMILES string of the molecule is C=Cc1ccc(N2C(=O)CCC2=O)cc1. The molecule has 0 N–H and O–H groups in total. The van der Waals surface area contributed by atoms with Crippen LogP contribution in [0.15, 0.2) is 30.8 Å². The summed E-state index contributed by atoms with van der Waals surface area (Å²) in [6.07, 6.45) is 2.36. The van der Waals surface area contributed by atoms with Gasteiger partial charge in [0.15, 0.2) is 0 Å². The average molecular weight is 201 g/mol. The van der Waals surface area contributed by atoms with Crippen molar-refractivity contribution in [3.8, 4) is 0 Å². The van der Waals surface area contributed by atoms with Gasteiger partial charge in [-0.05, 0) is 17.7 Å². The fourth-order valence-electron chi connectivity index (χ4n) is 1.62. The van der Waals surface area contributed by atoms with Gasteiger partial charge in [-0.1, -0.05) is 24.8 Å². The van der Waals surface area contributed by atoms with E-state index >= 15 is 0 Å². The number of hydrogen-bond acceptors (Lipinski definition) is 2. The number of benzene rings is 1. The highest BCUT2D eigenvalue weighted by atomic mass is 16.2. The molecule has 0 radical (unpaired) electrons. The first-order chi connectivity index (χ1) is 7.22. The monoisotopic (exact) mass is 201 g/mol. The van der Waals surface area contributed by atoms with Crippen LogP contribution in [0, 0.1) is 0 Å². The maximum atomic E-state index is 11.4. The summed E-state index contributed by atoms with van der Waals surface area (Å²) in [5.74, 6) is -0.238. The van der Waals surface area contributed by atoms with E-state index in [1.165, 1.54) is 4.90 Å². The lowest BCUT2D eigenvalue weighted by molar-refractivity contribution is -0.121. The Balaban J connectivity index is 2.32. The molecule has 3 nitrogen and oxygen atoms in total. The van der Waals surface area contributed by atoms with Gasteiger partial charge in [0, 0.05) is 12.8 Å². The van der Waals surface area contributed by atoms with E-state index in [9.17, 15) is 9.59 Å². The van der Waals surface area contributed by atoms with Crippen LogP contribution in [0.3, 0.4) is 0 Å². The second-order valence-corrected chi connectivity index (χ2v) is 3.42. The number of nitrogens with zero attached hydrogens (tertiary/aromatic N) is 1. The molecule has 1 heterocycles. The number of rotatable bonds is 2. The molecule has 1 aliphatic heterocycles. The molecule has 0 bridgehead atoms. The molecule has 0 aliphatic carbocycles. The lowest BCUT2D eigenvalue weighted by Crippen LogP contribution is -2.28. The lowest BCUT2D eigenvalue weighted by atomic mass is 10.2. The Morgan fingerprint density at radius 2 is 1.60 bits per heavy atom. The number of carbonyl (C=O) groups is 2. The highest BCUT2D eigenvalue weighted by Gasteiger charge is 2.29. The Kier molecular flexibility index (Phi) is 2.37. The maximum Gasteiger partial charge on any atom is 0.234 e. The van der Waals surface area contributed by atoms with Crippen molar-refractivity contribution in [2.24, 2.45) is 0 Å². The van der Waals surface area contributed by atoms with Crippen LogP contribution < -0.4 is 4.90 Å². The summed E-state index contributed by atoms with van der Waals surface area (Å²) in [5.41, 5.74) is 1.62. The first kappa shape index (κ1) is 9.65. The molecule has 1 aromatic rings. The van der Waals surface area contributed by atoms with Gasteiger partial charge < -0.3 is 0 Å². The van der Waals surface area contributed by atoms with Gasteiger partial charge in [0.05, 0.1) is 5.69 Å². The smallest absolute Gasteiger partial charge is 0.234 e. The summed E-state index contributed by atoms with van der Waals surface area (Å²) in [4.78, 5) is 24.1. The summed E-state index contributed by atoms with van der Waals surface area (Å²) in [5, 5.41) is 0. The van der Waals surface area contributed by atoms with E-state index in [0.717, 1.165) is 5.56 Å². The van der Waals surface area contributed by atoms with Gasteiger partial charge in [-0.25, -0.2) is 0 Å². The number of imide groups is 1. The molecule has 76 valence electrons. The Morgan fingerprint density at radius 1 is 1.07 bits per heavy atom. The second kappa shape index (κ2) is 3.69. The summed E-state index contributed by atoms with van der Waals surface area (Å²) in [6, 6.07) is 7.19. The topological polar surface area (TPSA) is 37.4 Å². The molecule has 0 aromatic heterocycles. The van der Waals surface area contributed by atoms with E-state index in [4.69, 9.17) is 0 Å². The molecule has 0 unspecified atom stereocenters. The van der Waals surface area contributed by atoms with Crippen molar-refractivity contribution >= 4 is 23.6 Å². The van der Waals surface area contributed by atoms with Crippen LogP contribution in [-0.2, 0) is 9.59 Å². The zero-order valence-electron chi connectivity index (χ0n) is 8.27. The van der Waals surface area contributed by atoms with Gasteiger partial charge in [-0.2, -0.15) is 0 Å². The second-order valence-electron chi connectivity index (χ2n) is 3.42. The van der Waals surface area contributed by atoms with Gasteiger partial charge in [0.25, 0.3) is 0 Å². The van der Waals surface area contributed by atoms with Crippen LogP contribution in [0.1, 0.15) is 18.4 Å². The van der Waals surface area contributed by atoms with Crippen molar-refractivity contribution in [2.45, 2.75) is 12.8 Å². The number of amides is 2. The van der Waals surface area contributed by atoms with E-state index in [0.29, 0.717) is 18.5 Å². The molecule has 1 saturated heterocycles. The van der Waals surface area contributed by atoms with E-state index in [1.54, 1.807) is 18.2 Å². The fraction of sp³-hybridized carbons (Fsp3) is 0.167. The number of carbonyl (C=O) groups excluding carboxylic acids is 2. The van der Waals surface area contributed by atoms with Gasteiger partial charge in [0.1, 0.15) is 0 Å². The molecule has 2 amide bonds. The first-order valence-corrected chi connectivity index (χ1v) is 4.80. The highest BCUT2D eigenvalue weighted by molar-refractivity contribution is 6.19. The van der Waals surface area contributed by atoms with Crippen molar-refractivity contribution in [1.29, 1.82) is 0 Å². The van der Waals surface area contributed by atoms with E-state index in [-0.39, 0.29) is 11.8 Å². The normalized spacial score (nSPS) is 15.9. The average Bonchev–Trinajstić information content (AvgIpc) is 2.59. The van der Waals surface area contributed by atoms with Gasteiger partial charge in [-0.15, -0.1) is 0 Å². The van der Waals surface area contributed by atoms with Crippen molar-refractivity contribution in [1.82, 2.24) is 0 Å². The molecule has 3 heteroatoms. The Labute approximate surface area is 88.0 Å². The molecule has 1 aromatic carbocycles. The van der Waals surface area contributed by atoms with Crippen LogP contribution in [-0.4, -0.2) is 11.8 Å². The molecule has 2 rings (SSSR count). The van der Waals surface area contributed by atoms with Gasteiger partial charge >= 0.3 is 0 Å². The Hall–Kier alpha value is -1.90. The van der Waals surface area contributed by atoms with Crippen LogP contribution in [0.25, 0.3) is 6.08 Å². The number of hydrogen-bond donors (Lipinski definition) is 0. The zero-order chi connectivity index (χ0) is 10.8.